The Morgan fingerprint density at radius 2 is 1.85 bits per heavy atom. The van der Waals surface area contributed by atoms with Crippen LogP contribution < -0.4 is 15.5 Å². The van der Waals surface area contributed by atoms with Crippen LogP contribution >= 0.6 is 0 Å². The van der Waals surface area contributed by atoms with Gasteiger partial charge in [-0.3, -0.25) is 9.79 Å². The second kappa shape index (κ2) is 9.76. The number of carbonyl (C=O) groups is 1. The van der Waals surface area contributed by atoms with Gasteiger partial charge in [0.05, 0.1) is 6.54 Å². The highest BCUT2D eigenvalue weighted by Crippen LogP contribution is 2.26. The molecule has 0 aromatic heterocycles. The minimum atomic E-state index is 0.0781. The third kappa shape index (κ3) is 5.33. The van der Waals surface area contributed by atoms with E-state index in [0.717, 1.165) is 44.5 Å². The number of nitrogens with one attached hydrogen (secondary N) is 2. The number of rotatable bonds is 6. The maximum atomic E-state index is 12.7. The lowest BCUT2D eigenvalue weighted by atomic mass is 10.0. The van der Waals surface area contributed by atoms with E-state index in [-0.39, 0.29) is 12.5 Å². The van der Waals surface area contributed by atoms with Gasteiger partial charge in [-0.2, -0.15) is 0 Å². The molecular weight excluding hydrogens is 336 g/mol. The molecule has 0 bridgehead atoms. The fourth-order valence-corrected chi connectivity index (χ4v) is 3.41. The molecule has 1 aliphatic rings. The van der Waals surface area contributed by atoms with Crippen LogP contribution in [-0.4, -0.2) is 38.5 Å². The predicted molar refractivity (Wildman–Crippen MR) is 111 cm³/mol. The summed E-state index contributed by atoms with van der Waals surface area (Å²) in [4.78, 5) is 18.8. The van der Waals surface area contributed by atoms with E-state index in [1.807, 2.05) is 29.2 Å². The van der Waals surface area contributed by atoms with Crippen molar-refractivity contribution in [2.24, 2.45) is 4.99 Å². The molecule has 2 N–H and O–H groups in total. The van der Waals surface area contributed by atoms with Crippen molar-refractivity contribution < 1.29 is 4.79 Å². The van der Waals surface area contributed by atoms with Gasteiger partial charge in [0.15, 0.2) is 5.96 Å². The third-order valence-corrected chi connectivity index (χ3v) is 4.82. The van der Waals surface area contributed by atoms with E-state index in [1.54, 1.807) is 7.05 Å². The zero-order chi connectivity index (χ0) is 18.9. The Bertz CT molecular complexity index is 773. The molecule has 0 spiro atoms. The fourth-order valence-electron chi connectivity index (χ4n) is 3.41. The van der Waals surface area contributed by atoms with Crippen molar-refractivity contribution in [3.05, 3.63) is 65.7 Å². The maximum Gasteiger partial charge on any atom is 0.246 e. The first-order valence-electron chi connectivity index (χ1n) is 9.64. The number of hydrogen-bond acceptors (Lipinski definition) is 2. The van der Waals surface area contributed by atoms with Gasteiger partial charge in [0.25, 0.3) is 0 Å². The Hall–Kier alpha value is -2.82. The molecule has 0 saturated carbocycles. The molecule has 5 nitrogen and oxygen atoms in total. The summed E-state index contributed by atoms with van der Waals surface area (Å²) in [7, 11) is 1.73. The highest BCUT2D eigenvalue weighted by atomic mass is 16.2. The second-order valence-corrected chi connectivity index (χ2v) is 6.72. The van der Waals surface area contributed by atoms with Crippen LogP contribution in [0.2, 0.25) is 0 Å². The SMILES string of the molecule is CN=C(NCCCc1ccccc1)NCC(=O)N1CCCc2ccccc21. The van der Waals surface area contributed by atoms with Gasteiger partial charge in [-0.25, -0.2) is 0 Å². The summed E-state index contributed by atoms with van der Waals surface area (Å²) in [6.45, 7) is 1.84. The number of para-hydroxylation sites is 1. The molecule has 0 atom stereocenters. The van der Waals surface area contributed by atoms with Crippen LogP contribution in [-0.2, 0) is 17.6 Å². The van der Waals surface area contributed by atoms with E-state index in [9.17, 15) is 4.79 Å². The largest absolute Gasteiger partial charge is 0.356 e. The number of nitrogens with zero attached hydrogens (tertiary/aromatic N) is 2. The second-order valence-electron chi connectivity index (χ2n) is 6.72. The Kier molecular flexibility index (Phi) is 6.85. The first kappa shape index (κ1) is 19.0. The minimum absolute atomic E-state index is 0.0781. The van der Waals surface area contributed by atoms with Gasteiger partial charge >= 0.3 is 0 Å². The van der Waals surface area contributed by atoms with E-state index in [2.05, 4.69) is 46.0 Å². The molecule has 27 heavy (non-hydrogen) atoms. The highest BCUT2D eigenvalue weighted by molar-refractivity contribution is 5.98. The molecule has 3 rings (SSSR count). The van der Waals surface area contributed by atoms with E-state index < -0.39 is 0 Å². The molecular formula is C22H28N4O. The van der Waals surface area contributed by atoms with Crippen LogP contribution in [0.4, 0.5) is 5.69 Å². The predicted octanol–water partition coefficient (Wildman–Crippen LogP) is 2.76. The summed E-state index contributed by atoms with van der Waals surface area (Å²) >= 11 is 0. The summed E-state index contributed by atoms with van der Waals surface area (Å²) in [5, 5.41) is 6.43. The lowest BCUT2D eigenvalue weighted by molar-refractivity contribution is -0.117. The van der Waals surface area contributed by atoms with Gasteiger partial charge in [0.1, 0.15) is 0 Å². The molecule has 1 aliphatic heterocycles. The van der Waals surface area contributed by atoms with Crippen molar-refractivity contribution in [2.45, 2.75) is 25.7 Å². The minimum Gasteiger partial charge on any atom is -0.356 e. The zero-order valence-corrected chi connectivity index (χ0v) is 15.9. The zero-order valence-electron chi connectivity index (χ0n) is 15.9. The maximum absolute atomic E-state index is 12.7. The number of benzene rings is 2. The molecule has 0 unspecified atom stereocenters. The number of amides is 1. The topological polar surface area (TPSA) is 56.7 Å². The Balaban J connectivity index is 1.43. The number of anilines is 1. The van der Waals surface area contributed by atoms with Crippen molar-refractivity contribution in [3.8, 4) is 0 Å². The van der Waals surface area contributed by atoms with Gasteiger partial charge in [0, 0.05) is 25.8 Å². The monoisotopic (exact) mass is 364 g/mol. The molecule has 0 saturated heterocycles. The van der Waals surface area contributed by atoms with Gasteiger partial charge in [0.2, 0.25) is 5.91 Å². The summed E-state index contributed by atoms with van der Waals surface area (Å²) in [6, 6.07) is 18.6. The lowest BCUT2D eigenvalue weighted by Crippen LogP contribution is -2.46. The number of fused-ring (bicyclic) bond motifs is 1. The van der Waals surface area contributed by atoms with Crippen LogP contribution in [0.3, 0.4) is 0 Å². The van der Waals surface area contributed by atoms with E-state index in [0.29, 0.717) is 5.96 Å². The Morgan fingerprint density at radius 3 is 2.67 bits per heavy atom. The van der Waals surface area contributed by atoms with Gasteiger partial charge < -0.3 is 15.5 Å². The van der Waals surface area contributed by atoms with Crippen molar-refractivity contribution in [2.75, 3.05) is 31.6 Å². The Morgan fingerprint density at radius 1 is 1.07 bits per heavy atom. The normalized spacial score (nSPS) is 13.8. The summed E-state index contributed by atoms with van der Waals surface area (Å²) < 4.78 is 0. The first-order valence-corrected chi connectivity index (χ1v) is 9.64. The number of hydrogen-bond donors (Lipinski definition) is 2. The van der Waals surface area contributed by atoms with Crippen LogP contribution in [0.5, 0.6) is 0 Å². The van der Waals surface area contributed by atoms with Crippen LogP contribution in [0.1, 0.15) is 24.0 Å². The van der Waals surface area contributed by atoms with Crippen molar-refractivity contribution in [1.29, 1.82) is 0 Å². The smallest absolute Gasteiger partial charge is 0.246 e. The van der Waals surface area contributed by atoms with Crippen LogP contribution in [0.25, 0.3) is 0 Å². The van der Waals surface area contributed by atoms with Gasteiger partial charge in [-0.05, 0) is 42.9 Å². The quantitative estimate of drug-likeness (QED) is 0.471. The third-order valence-electron chi connectivity index (χ3n) is 4.82. The fraction of sp³-hybridized carbons (Fsp3) is 0.364. The number of aryl methyl sites for hydroxylation is 2. The van der Waals surface area contributed by atoms with Gasteiger partial charge in [-0.1, -0.05) is 48.5 Å². The summed E-state index contributed by atoms with van der Waals surface area (Å²) in [6.07, 6.45) is 4.08. The van der Waals surface area contributed by atoms with E-state index >= 15 is 0 Å². The standard InChI is InChI=1S/C22H28N4O/c1-23-22(24-15-7-11-18-9-3-2-4-10-18)25-17-21(27)26-16-8-13-19-12-5-6-14-20(19)26/h2-6,9-10,12,14H,7-8,11,13,15-17H2,1H3,(H2,23,24,25). The molecule has 2 aromatic carbocycles. The van der Waals surface area contributed by atoms with Gasteiger partial charge in [-0.15, -0.1) is 0 Å². The van der Waals surface area contributed by atoms with Crippen molar-refractivity contribution in [3.63, 3.8) is 0 Å². The molecule has 142 valence electrons. The average molecular weight is 364 g/mol. The van der Waals surface area contributed by atoms with E-state index in [1.165, 1.54) is 11.1 Å². The first-order chi connectivity index (χ1) is 13.3. The number of guanidine groups is 1. The molecule has 1 amide bonds. The lowest BCUT2D eigenvalue weighted by Gasteiger charge is -2.29. The van der Waals surface area contributed by atoms with Crippen molar-refractivity contribution in [1.82, 2.24) is 10.6 Å². The molecule has 1 heterocycles. The molecule has 0 aliphatic carbocycles. The van der Waals surface area contributed by atoms with Crippen molar-refractivity contribution >= 4 is 17.6 Å². The highest BCUT2D eigenvalue weighted by Gasteiger charge is 2.21. The number of carbonyl (C=O) groups excluding carboxylic acids is 1. The van der Waals surface area contributed by atoms with Crippen LogP contribution in [0, 0.1) is 0 Å². The Labute approximate surface area is 161 Å². The average Bonchev–Trinajstić information content (AvgIpc) is 2.73. The molecule has 2 aromatic rings. The molecule has 0 fully saturated rings. The summed E-state index contributed by atoms with van der Waals surface area (Å²) in [5.74, 6) is 0.746. The van der Waals surface area contributed by atoms with E-state index in [4.69, 9.17) is 0 Å². The number of aliphatic imine (C=N–C) groups is 1. The molecule has 5 heteroatoms. The molecule has 0 radical (unpaired) electrons. The van der Waals surface area contributed by atoms with Crippen LogP contribution in [0.15, 0.2) is 59.6 Å². The summed E-state index contributed by atoms with van der Waals surface area (Å²) in [5.41, 5.74) is 3.63.